The zero-order chi connectivity index (χ0) is 12.4. The van der Waals surface area contributed by atoms with Gasteiger partial charge in [-0.3, -0.25) is 0 Å². The standard InChI is InChI=1S/C15H24N2/c1-11-4-5-14(12(2)8-11)15(9-16)13-6-7-17(3)10-13/h4-5,8,13,15H,6-7,9-10,16H2,1-3H3. The molecule has 1 saturated heterocycles. The van der Waals surface area contributed by atoms with Crippen LogP contribution in [0.15, 0.2) is 18.2 Å². The van der Waals surface area contributed by atoms with E-state index in [1.54, 1.807) is 0 Å². The Kier molecular flexibility index (Phi) is 3.85. The number of likely N-dealkylation sites (tertiary alicyclic amines) is 1. The van der Waals surface area contributed by atoms with Gasteiger partial charge in [-0.15, -0.1) is 0 Å². The molecule has 0 aromatic heterocycles. The molecular weight excluding hydrogens is 208 g/mol. The van der Waals surface area contributed by atoms with E-state index in [1.807, 2.05) is 0 Å². The van der Waals surface area contributed by atoms with Crippen molar-refractivity contribution < 1.29 is 0 Å². The van der Waals surface area contributed by atoms with Crippen LogP contribution in [-0.4, -0.2) is 31.6 Å². The lowest BCUT2D eigenvalue weighted by Gasteiger charge is -2.24. The molecule has 94 valence electrons. The lowest BCUT2D eigenvalue weighted by atomic mass is 9.83. The first-order valence-electron chi connectivity index (χ1n) is 6.57. The van der Waals surface area contributed by atoms with Crippen LogP contribution < -0.4 is 5.73 Å². The molecule has 0 spiro atoms. The third-order valence-corrected chi connectivity index (χ3v) is 4.08. The third kappa shape index (κ3) is 2.70. The molecule has 2 rings (SSSR count). The van der Waals surface area contributed by atoms with Crippen molar-refractivity contribution in [1.82, 2.24) is 4.90 Å². The number of benzene rings is 1. The Morgan fingerprint density at radius 3 is 2.71 bits per heavy atom. The molecule has 2 nitrogen and oxygen atoms in total. The third-order valence-electron chi connectivity index (χ3n) is 4.08. The Labute approximate surface area is 105 Å². The quantitative estimate of drug-likeness (QED) is 0.866. The fourth-order valence-electron chi connectivity index (χ4n) is 3.11. The highest BCUT2D eigenvalue weighted by Crippen LogP contribution is 2.32. The van der Waals surface area contributed by atoms with Gasteiger partial charge in [0.05, 0.1) is 0 Å². The average molecular weight is 232 g/mol. The highest BCUT2D eigenvalue weighted by atomic mass is 15.1. The first kappa shape index (κ1) is 12.6. The van der Waals surface area contributed by atoms with Crippen molar-refractivity contribution in [2.45, 2.75) is 26.2 Å². The Morgan fingerprint density at radius 2 is 2.18 bits per heavy atom. The Hall–Kier alpha value is -0.860. The molecule has 1 fully saturated rings. The Bertz CT molecular complexity index is 387. The van der Waals surface area contributed by atoms with Crippen molar-refractivity contribution in [3.8, 4) is 0 Å². The van der Waals surface area contributed by atoms with Crippen molar-refractivity contribution in [1.29, 1.82) is 0 Å². The zero-order valence-electron chi connectivity index (χ0n) is 11.2. The molecule has 1 aliphatic heterocycles. The van der Waals surface area contributed by atoms with E-state index in [1.165, 1.54) is 36.2 Å². The molecule has 0 aliphatic carbocycles. The van der Waals surface area contributed by atoms with E-state index in [0.29, 0.717) is 5.92 Å². The van der Waals surface area contributed by atoms with Gasteiger partial charge in [0, 0.05) is 12.5 Å². The van der Waals surface area contributed by atoms with Crippen LogP contribution in [-0.2, 0) is 0 Å². The SMILES string of the molecule is Cc1ccc(C(CN)C2CCN(C)C2)c(C)c1. The van der Waals surface area contributed by atoms with Crippen molar-refractivity contribution in [3.05, 3.63) is 34.9 Å². The molecule has 2 atom stereocenters. The van der Waals surface area contributed by atoms with Gasteiger partial charge in [-0.25, -0.2) is 0 Å². The average Bonchev–Trinajstić information content (AvgIpc) is 2.69. The van der Waals surface area contributed by atoms with Gasteiger partial charge in [-0.1, -0.05) is 23.8 Å². The molecule has 0 amide bonds. The fourth-order valence-corrected chi connectivity index (χ4v) is 3.11. The van der Waals surface area contributed by atoms with Crippen LogP contribution in [0, 0.1) is 19.8 Å². The van der Waals surface area contributed by atoms with E-state index in [-0.39, 0.29) is 0 Å². The number of rotatable bonds is 3. The van der Waals surface area contributed by atoms with Crippen LogP contribution in [0.25, 0.3) is 0 Å². The fraction of sp³-hybridized carbons (Fsp3) is 0.600. The lowest BCUT2D eigenvalue weighted by molar-refractivity contribution is 0.371. The van der Waals surface area contributed by atoms with Gasteiger partial charge in [0.1, 0.15) is 0 Å². The molecule has 1 aromatic carbocycles. The first-order chi connectivity index (χ1) is 8.11. The first-order valence-corrected chi connectivity index (χ1v) is 6.57. The summed E-state index contributed by atoms with van der Waals surface area (Å²) in [6.45, 7) is 7.53. The highest BCUT2D eigenvalue weighted by Gasteiger charge is 2.28. The molecule has 0 bridgehead atoms. The molecule has 2 heteroatoms. The topological polar surface area (TPSA) is 29.3 Å². The molecule has 2 N–H and O–H groups in total. The summed E-state index contributed by atoms with van der Waals surface area (Å²) >= 11 is 0. The molecule has 1 aliphatic rings. The molecule has 17 heavy (non-hydrogen) atoms. The Morgan fingerprint density at radius 1 is 1.41 bits per heavy atom. The van der Waals surface area contributed by atoms with Crippen molar-refractivity contribution >= 4 is 0 Å². The van der Waals surface area contributed by atoms with Crippen molar-refractivity contribution in [3.63, 3.8) is 0 Å². The van der Waals surface area contributed by atoms with Crippen LogP contribution in [0.4, 0.5) is 0 Å². The second-order valence-electron chi connectivity index (χ2n) is 5.51. The van der Waals surface area contributed by atoms with Gasteiger partial charge in [0.2, 0.25) is 0 Å². The maximum Gasteiger partial charge on any atom is 0.00134 e. The van der Waals surface area contributed by atoms with E-state index in [0.717, 1.165) is 12.5 Å². The summed E-state index contributed by atoms with van der Waals surface area (Å²) in [6.07, 6.45) is 1.28. The normalized spacial score (nSPS) is 22.9. The van der Waals surface area contributed by atoms with Gasteiger partial charge < -0.3 is 10.6 Å². The largest absolute Gasteiger partial charge is 0.330 e. The van der Waals surface area contributed by atoms with Gasteiger partial charge in [0.15, 0.2) is 0 Å². The summed E-state index contributed by atoms with van der Waals surface area (Å²) in [5.74, 6) is 1.26. The number of hydrogen-bond donors (Lipinski definition) is 1. The predicted octanol–water partition coefficient (Wildman–Crippen LogP) is 2.30. The molecule has 1 aromatic rings. The minimum Gasteiger partial charge on any atom is -0.330 e. The second kappa shape index (κ2) is 5.19. The van der Waals surface area contributed by atoms with Gasteiger partial charge in [-0.2, -0.15) is 0 Å². The van der Waals surface area contributed by atoms with Crippen LogP contribution in [0.2, 0.25) is 0 Å². The minimum atomic E-state index is 0.528. The number of aryl methyl sites for hydroxylation is 2. The van der Waals surface area contributed by atoms with E-state index < -0.39 is 0 Å². The van der Waals surface area contributed by atoms with E-state index in [2.05, 4.69) is 44.0 Å². The van der Waals surface area contributed by atoms with Crippen LogP contribution in [0.1, 0.15) is 29.0 Å². The van der Waals surface area contributed by atoms with Gasteiger partial charge in [0.25, 0.3) is 0 Å². The van der Waals surface area contributed by atoms with Crippen LogP contribution in [0.3, 0.4) is 0 Å². The van der Waals surface area contributed by atoms with Gasteiger partial charge in [-0.05, 0) is 57.5 Å². The predicted molar refractivity (Wildman–Crippen MR) is 73.3 cm³/mol. The van der Waals surface area contributed by atoms with E-state index >= 15 is 0 Å². The molecule has 0 radical (unpaired) electrons. The molecular formula is C15H24N2. The zero-order valence-corrected chi connectivity index (χ0v) is 11.2. The summed E-state index contributed by atoms with van der Waals surface area (Å²) in [5, 5.41) is 0. The smallest absolute Gasteiger partial charge is 0.00134 e. The number of hydrogen-bond acceptors (Lipinski definition) is 2. The van der Waals surface area contributed by atoms with Crippen molar-refractivity contribution in [2.75, 3.05) is 26.7 Å². The summed E-state index contributed by atoms with van der Waals surface area (Å²) in [7, 11) is 2.20. The maximum atomic E-state index is 6.02. The second-order valence-corrected chi connectivity index (χ2v) is 5.51. The number of nitrogens with two attached hydrogens (primary N) is 1. The summed E-state index contributed by atoms with van der Waals surface area (Å²) in [4.78, 5) is 2.41. The van der Waals surface area contributed by atoms with Crippen molar-refractivity contribution in [2.24, 2.45) is 11.7 Å². The molecule has 1 heterocycles. The summed E-state index contributed by atoms with van der Waals surface area (Å²) in [5.41, 5.74) is 10.2. The van der Waals surface area contributed by atoms with Crippen LogP contribution in [0.5, 0.6) is 0 Å². The molecule has 0 saturated carbocycles. The summed E-state index contributed by atoms with van der Waals surface area (Å²) in [6, 6.07) is 6.76. The number of nitrogens with zero attached hydrogens (tertiary/aromatic N) is 1. The summed E-state index contributed by atoms with van der Waals surface area (Å²) < 4.78 is 0. The van der Waals surface area contributed by atoms with E-state index in [9.17, 15) is 0 Å². The highest BCUT2D eigenvalue weighted by molar-refractivity contribution is 5.34. The van der Waals surface area contributed by atoms with E-state index in [4.69, 9.17) is 5.73 Å². The molecule has 2 unspecified atom stereocenters. The maximum absolute atomic E-state index is 6.02. The van der Waals surface area contributed by atoms with Crippen LogP contribution >= 0.6 is 0 Å². The monoisotopic (exact) mass is 232 g/mol. The van der Waals surface area contributed by atoms with Gasteiger partial charge >= 0.3 is 0 Å². The Balaban J connectivity index is 2.23. The lowest BCUT2D eigenvalue weighted by Crippen LogP contribution is -2.24. The minimum absolute atomic E-state index is 0.528.